The van der Waals surface area contributed by atoms with E-state index in [1.54, 1.807) is 25.1 Å². The normalized spacial score (nSPS) is 17.5. The van der Waals surface area contributed by atoms with Gasteiger partial charge in [-0.2, -0.15) is 0 Å². The monoisotopic (exact) mass is 296 g/mol. The molecule has 2 rings (SSSR count). The Morgan fingerprint density at radius 1 is 1.40 bits per heavy atom. The van der Waals surface area contributed by atoms with Gasteiger partial charge in [-0.25, -0.2) is 0 Å². The van der Waals surface area contributed by atoms with Crippen molar-refractivity contribution in [3.8, 4) is 5.75 Å². The number of nitrogens with two attached hydrogens (primary N) is 1. The molecule has 1 aliphatic rings. The Balaban J connectivity index is 1.93. The molecule has 3 N–H and O–H groups in total. The lowest BCUT2D eigenvalue weighted by molar-refractivity contribution is -0.128. The minimum absolute atomic E-state index is 0.115. The standard InChI is InChI=1S/C15H21ClN2O2/c1-10(15(19)18-11-6-3-2-4-7-11)20-14-12(16)8-5-9-13(14)17/h5,8-11H,2-4,6-7,17H2,1H3,(H,18,19). The summed E-state index contributed by atoms with van der Waals surface area (Å²) in [6, 6.07) is 5.41. The lowest BCUT2D eigenvalue weighted by Gasteiger charge is -2.25. The van der Waals surface area contributed by atoms with Crippen molar-refractivity contribution in [3.63, 3.8) is 0 Å². The quantitative estimate of drug-likeness (QED) is 0.839. The molecule has 0 aliphatic heterocycles. The average molecular weight is 297 g/mol. The second-order valence-corrected chi connectivity index (χ2v) is 5.67. The van der Waals surface area contributed by atoms with Crippen LogP contribution in [0.2, 0.25) is 5.02 Å². The van der Waals surface area contributed by atoms with Crippen LogP contribution in [0.15, 0.2) is 18.2 Å². The number of hydrogen-bond donors (Lipinski definition) is 2. The van der Waals surface area contributed by atoms with Gasteiger partial charge in [0.2, 0.25) is 0 Å². The minimum atomic E-state index is -0.612. The van der Waals surface area contributed by atoms with Gasteiger partial charge in [-0.15, -0.1) is 0 Å². The zero-order valence-corrected chi connectivity index (χ0v) is 12.5. The first-order valence-corrected chi connectivity index (χ1v) is 7.46. The number of nitrogen functional groups attached to an aromatic ring is 1. The molecule has 1 aromatic rings. The van der Waals surface area contributed by atoms with Crippen molar-refractivity contribution in [2.75, 3.05) is 5.73 Å². The molecule has 1 atom stereocenters. The Morgan fingerprint density at radius 2 is 2.10 bits per heavy atom. The van der Waals surface area contributed by atoms with Gasteiger partial charge < -0.3 is 15.8 Å². The number of rotatable bonds is 4. The molecule has 1 aromatic carbocycles. The summed E-state index contributed by atoms with van der Waals surface area (Å²) in [6.07, 6.45) is 5.10. The molecular weight excluding hydrogens is 276 g/mol. The molecule has 1 unspecified atom stereocenters. The van der Waals surface area contributed by atoms with E-state index in [1.165, 1.54) is 19.3 Å². The van der Waals surface area contributed by atoms with Gasteiger partial charge in [-0.3, -0.25) is 4.79 Å². The molecule has 0 radical (unpaired) electrons. The van der Waals surface area contributed by atoms with Gasteiger partial charge in [0.25, 0.3) is 5.91 Å². The maximum Gasteiger partial charge on any atom is 0.260 e. The largest absolute Gasteiger partial charge is 0.477 e. The summed E-state index contributed by atoms with van der Waals surface area (Å²) in [4.78, 5) is 12.1. The summed E-state index contributed by atoms with van der Waals surface area (Å²) < 4.78 is 5.61. The summed E-state index contributed by atoms with van der Waals surface area (Å²) >= 11 is 6.03. The van der Waals surface area contributed by atoms with Crippen LogP contribution >= 0.6 is 11.6 Å². The molecule has 1 saturated carbocycles. The van der Waals surface area contributed by atoms with Crippen LogP contribution in [0.1, 0.15) is 39.0 Å². The molecular formula is C15H21ClN2O2. The number of amides is 1. The van der Waals surface area contributed by atoms with E-state index in [0.717, 1.165) is 12.8 Å². The molecule has 1 aliphatic carbocycles. The van der Waals surface area contributed by atoms with Crippen LogP contribution in [0.25, 0.3) is 0 Å². The van der Waals surface area contributed by atoms with Crippen LogP contribution in [0.4, 0.5) is 5.69 Å². The van der Waals surface area contributed by atoms with Gasteiger partial charge >= 0.3 is 0 Å². The highest BCUT2D eigenvalue weighted by atomic mass is 35.5. The van der Waals surface area contributed by atoms with E-state index in [4.69, 9.17) is 22.1 Å². The highest BCUT2D eigenvalue weighted by Crippen LogP contribution is 2.31. The summed E-state index contributed by atoms with van der Waals surface area (Å²) in [6.45, 7) is 1.71. The fourth-order valence-electron chi connectivity index (χ4n) is 2.45. The van der Waals surface area contributed by atoms with Crippen molar-refractivity contribution in [3.05, 3.63) is 23.2 Å². The first-order valence-electron chi connectivity index (χ1n) is 7.09. The lowest BCUT2D eigenvalue weighted by atomic mass is 9.95. The van der Waals surface area contributed by atoms with Gasteiger partial charge in [0, 0.05) is 6.04 Å². The number of nitrogens with one attached hydrogen (secondary N) is 1. The maximum atomic E-state index is 12.1. The van der Waals surface area contributed by atoms with Gasteiger partial charge in [-0.05, 0) is 31.9 Å². The van der Waals surface area contributed by atoms with Crippen molar-refractivity contribution in [2.24, 2.45) is 0 Å². The number of carbonyl (C=O) groups is 1. The Kier molecular flexibility index (Phi) is 5.12. The van der Waals surface area contributed by atoms with Crippen LogP contribution in [-0.4, -0.2) is 18.1 Å². The summed E-state index contributed by atoms with van der Waals surface area (Å²) in [5.41, 5.74) is 6.25. The van der Waals surface area contributed by atoms with Crippen molar-refractivity contribution in [1.82, 2.24) is 5.32 Å². The van der Waals surface area contributed by atoms with Crippen LogP contribution in [-0.2, 0) is 4.79 Å². The zero-order chi connectivity index (χ0) is 14.5. The predicted molar refractivity (Wildman–Crippen MR) is 81.0 cm³/mol. The maximum absolute atomic E-state index is 12.1. The first kappa shape index (κ1) is 15.0. The Hall–Kier alpha value is -1.42. The van der Waals surface area contributed by atoms with E-state index in [0.29, 0.717) is 16.5 Å². The number of halogens is 1. The highest BCUT2D eigenvalue weighted by Gasteiger charge is 2.21. The second kappa shape index (κ2) is 6.84. The molecule has 110 valence electrons. The molecule has 0 aromatic heterocycles. The molecule has 0 saturated heterocycles. The van der Waals surface area contributed by atoms with E-state index in [-0.39, 0.29) is 11.9 Å². The minimum Gasteiger partial charge on any atom is -0.477 e. The number of ether oxygens (including phenoxy) is 1. The molecule has 0 bridgehead atoms. The summed E-state index contributed by atoms with van der Waals surface area (Å²) in [5, 5.41) is 3.45. The average Bonchev–Trinajstić information content (AvgIpc) is 2.44. The van der Waals surface area contributed by atoms with E-state index < -0.39 is 6.10 Å². The van der Waals surface area contributed by atoms with Crippen LogP contribution in [0, 0.1) is 0 Å². The number of benzene rings is 1. The molecule has 20 heavy (non-hydrogen) atoms. The Morgan fingerprint density at radius 3 is 2.75 bits per heavy atom. The third-order valence-electron chi connectivity index (χ3n) is 3.61. The number of carbonyl (C=O) groups excluding carboxylic acids is 1. The number of para-hydroxylation sites is 1. The fourth-order valence-corrected chi connectivity index (χ4v) is 2.67. The summed E-state index contributed by atoms with van der Waals surface area (Å²) in [7, 11) is 0. The van der Waals surface area contributed by atoms with E-state index in [2.05, 4.69) is 5.32 Å². The SMILES string of the molecule is CC(Oc1c(N)cccc1Cl)C(=O)NC1CCCCC1. The highest BCUT2D eigenvalue weighted by molar-refractivity contribution is 6.32. The van der Waals surface area contributed by atoms with Crippen LogP contribution in [0.3, 0.4) is 0 Å². The predicted octanol–water partition coefficient (Wildman–Crippen LogP) is 3.14. The fraction of sp³-hybridized carbons (Fsp3) is 0.533. The van der Waals surface area contributed by atoms with E-state index in [1.807, 2.05) is 0 Å². The second-order valence-electron chi connectivity index (χ2n) is 5.26. The van der Waals surface area contributed by atoms with Crippen molar-refractivity contribution in [2.45, 2.75) is 51.2 Å². The molecule has 4 nitrogen and oxygen atoms in total. The van der Waals surface area contributed by atoms with Crippen molar-refractivity contribution >= 4 is 23.2 Å². The van der Waals surface area contributed by atoms with Gasteiger partial charge in [0.05, 0.1) is 10.7 Å². The van der Waals surface area contributed by atoms with Gasteiger partial charge in [-0.1, -0.05) is 36.9 Å². The molecule has 1 amide bonds. The Bertz CT molecular complexity index is 453. The molecule has 5 heteroatoms. The zero-order valence-electron chi connectivity index (χ0n) is 11.7. The molecule has 0 heterocycles. The third-order valence-corrected chi connectivity index (χ3v) is 3.91. The Labute approximate surface area is 124 Å². The smallest absolute Gasteiger partial charge is 0.260 e. The van der Waals surface area contributed by atoms with E-state index in [9.17, 15) is 4.79 Å². The lowest BCUT2D eigenvalue weighted by Crippen LogP contribution is -2.43. The van der Waals surface area contributed by atoms with Gasteiger partial charge in [0.1, 0.15) is 0 Å². The third kappa shape index (κ3) is 3.79. The number of anilines is 1. The van der Waals surface area contributed by atoms with Crippen LogP contribution < -0.4 is 15.8 Å². The van der Waals surface area contributed by atoms with Crippen LogP contribution in [0.5, 0.6) is 5.75 Å². The van der Waals surface area contributed by atoms with Gasteiger partial charge in [0.15, 0.2) is 11.9 Å². The van der Waals surface area contributed by atoms with Crippen molar-refractivity contribution in [1.29, 1.82) is 0 Å². The topological polar surface area (TPSA) is 64.3 Å². The molecule has 0 spiro atoms. The van der Waals surface area contributed by atoms with E-state index >= 15 is 0 Å². The first-order chi connectivity index (χ1) is 9.58. The summed E-state index contributed by atoms with van der Waals surface area (Å²) in [5.74, 6) is 0.261. The van der Waals surface area contributed by atoms with Crippen molar-refractivity contribution < 1.29 is 9.53 Å². The number of hydrogen-bond acceptors (Lipinski definition) is 3. The molecule has 1 fully saturated rings.